The Hall–Kier alpha value is -1.70. The Labute approximate surface area is 151 Å². The number of halogens is 2. The monoisotopic (exact) mass is 369 g/mol. The van der Waals surface area contributed by atoms with Crippen LogP contribution in [0.25, 0.3) is 0 Å². The molecule has 3 rings (SSSR count). The van der Waals surface area contributed by atoms with Crippen molar-refractivity contribution in [3.63, 3.8) is 0 Å². The SMILES string of the molecule is O=C(CN1CCOCC1)N1CCN(C(=O)c2ccc(F)cc2Cl)CC1. The molecule has 2 fully saturated rings. The molecular formula is C17H21ClFN3O3. The molecule has 0 bridgehead atoms. The molecule has 0 aromatic heterocycles. The van der Waals surface area contributed by atoms with Crippen LogP contribution < -0.4 is 0 Å². The van der Waals surface area contributed by atoms with Crippen LogP contribution in [0.3, 0.4) is 0 Å². The maximum absolute atomic E-state index is 13.1. The van der Waals surface area contributed by atoms with E-state index in [-0.39, 0.29) is 22.4 Å². The Bertz CT molecular complexity index is 644. The highest BCUT2D eigenvalue weighted by Crippen LogP contribution is 2.20. The third-order valence-electron chi connectivity index (χ3n) is 4.54. The first kappa shape index (κ1) is 18.1. The Balaban J connectivity index is 1.52. The lowest BCUT2D eigenvalue weighted by Gasteiger charge is -2.36. The van der Waals surface area contributed by atoms with Crippen LogP contribution in [0, 0.1) is 5.82 Å². The molecule has 2 amide bonds. The van der Waals surface area contributed by atoms with Gasteiger partial charge in [0.05, 0.1) is 30.3 Å². The van der Waals surface area contributed by atoms with E-state index < -0.39 is 5.82 Å². The van der Waals surface area contributed by atoms with Gasteiger partial charge in [-0.25, -0.2) is 4.39 Å². The summed E-state index contributed by atoms with van der Waals surface area (Å²) >= 11 is 5.96. The molecule has 2 aliphatic rings. The number of hydrogen-bond donors (Lipinski definition) is 0. The molecule has 25 heavy (non-hydrogen) atoms. The van der Waals surface area contributed by atoms with Crippen molar-refractivity contribution in [2.24, 2.45) is 0 Å². The topological polar surface area (TPSA) is 53.1 Å². The van der Waals surface area contributed by atoms with Gasteiger partial charge in [0.25, 0.3) is 5.91 Å². The zero-order valence-electron chi connectivity index (χ0n) is 13.9. The summed E-state index contributed by atoms with van der Waals surface area (Å²) in [4.78, 5) is 30.4. The van der Waals surface area contributed by atoms with Crippen molar-refractivity contribution in [2.45, 2.75) is 0 Å². The predicted octanol–water partition coefficient (Wildman–Crippen LogP) is 1.10. The lowest BCUT2D eigenvalue weighted by atomic mass is 10.1. The molecular weight excluding hydrogens is 349 g/mol. The van der Waals surface area contributed by atoms with E-state index >= 15 is 0 Å². The van der Waals surface area contributed by atoms with Gasteiger partial charge in [0.15, 0.2) is 0 Å². The van der Waals surface area contributed by atoms with Crippen LogP contribution in [0.5, 0.6) is 0 Å². The maximum Gasteiger partial charge on any atom is 0.255 e. The van der Waals surface area contributed by atoms with Crippen molar-refractivity contribution in [3.05, 3.63) is 34.6 Å². The molecule has 0 radical (unpaired) electrons. The first-order valence-electron chi connectivity index (χ1n) is 8.37. The number of nitrogens with zero attached hydrogens (tertiary/aromatic N) is 3. The van der Waals surface area contributed by atoms with Crippen LogP contribution in [0.1, 0.15) is 10.4 Å². The van der Waals surface area contributed by atoms with Gasteiger partial charge < -0.3 is 14.5 Å². The van der Waals surface area contributed by atoms with Gasteiger partial charge in [-0.2, -0.15) is 0 Å². The summed E-state index contributed by atoms with van der Waals surface area (Å²) in [5.74, 6) is -0.626. The minimum absolute atomic E-state index is 0.0776. The number of amides is 2. The van der Waals surface area contributed by atoms with Crippen LogP contribution >= 0.6 is 11.6 Å². The third-order valence-corrected chi connectivity index (χ3v) is 4.86. The van der Waals surface area contributed by atoms with Gasteiger partial charge in [0, 0.05) is 39.3 Å². The molecule has 0 aliphatic carbocycles. The standard InChI is InChI=1S/C17H21ClFN3O3/c18-15-11-13(19)1-2-14(15)17(24)22-5-3-21(4-6-22)16(23)12-20-7-9-25-10-8-20/h1-2,11H,3-10,12H2. The number of carbonyl (C=O) groups is 2. The lowest BCUT2D eigenvalue weighted by Crippen LogP contribution is -2.53. The van der Waals surface area contributed by atoms with Crippen molar-refractivity contribution in [2.75, 3.05) is 59.0 Å². The summed E-state index contributed by atoms with van der Waals surface area (Å²) in [6, 6.07) is 3.76. The fourth-order valence-corrected chi connectivity index (χ4v) is 3.29. The molecule has 136 valence electrons. The average Bonchev–Trinajstić information content (AvgIpc) is 2.62. The Morgan fingerprint density at radius 3 is 2.32 bits per heavy atom. The normalized spacial score (nSPS) is 19.1. The number of benzene rings is 1. The van der Waals surface area contributed by atoms with Gasteiger partial charge in [-0.05, 0) is 18.2 Å². The zero-order chi connectivity index (χ0) is 17.8. The summed E-state index contributed by atoms with van der Waals surface area (Å²) < 4.78 is 18.4. The van der Waals surface area contributed by atoms with E-state index in [4.69, 9.17) is 16.3 Å². The van der Waals surface area contributed by atoms with Crippen LogP contribution in [0.2, 0.25) is 5.02 Å². The summed E-state index contributed by atoms with van der Waals surface area (Å²) in [7, 11) is 0. The highest BCUT2D eigenvalue weighted by molar-refractivity contribution is 6.33. The Morgan fingerprint density at radius 1 is 1.04 bits per heavy atom. The molecule has 1 aromatic rings. The highest BCUT2D eigenvalue weighted by Gasteiger charge is 2.27. The quantitative estimate of drug-likeness (QED) is 0.800. The van der Waals surface area contributed by atoms with Crippen molar-refractivity contribution < 1.29 is 18.7 Å². The molecule has 0 unspecified atom stereocenters. The largest absolute Gasteiger partial charge is 0.379 e. The zero-order valence-corrected chi connectivity index (χ0v) is 14.7. The van der Waals surface area contributed by atoms with Gasteiger partial charge in [0.1, 0.15) is 5.82 Å². The lowest BCUT2D eigenvalue weighted by molar-refractivity contribution is -0.134. The maximum atomic E-state index is 13.1. The number of ether oxygens (including phenoxy) is 1. The molecule has 0 spiro atoms. The Kier molecular flexibility index (Phi) is 5.88. The molecule has 8 heteroatoms. The molecule has 6 nitrogen and oxygen atoms in total. The summed E-state index contributed by atoms with van der Waals surface area (Å²) in [5, 5.41) is 0.107. The van der Waals surface area contributed by atoms with Crippen LogP contribution in [0.15, 0.2) is 18.2 Å². The van der Waals surface area contributed by atoms with Gasteiger partial charge in [-0.3, -0.25) is 14.5 Å². The number of rotatable bonds is 3. The Morgan fingerprint density at radius 2 is 1.68 bits per heavy atom. The molecule has 2 aliphatic heterocycles. The van der Waals surface area contributed by atoms with E-state index in [0.717, 1.165) is 19.2 Å². The predicted molar refractivity (Wildman–Crippen MR) is 91.2 cm³/mol. The fraction of sp³-hybridized carbons (Fsp3) is 0.529. The van der Waals surface area contributed by atoms with E-state index in [1.807, 2.05) is 0 Å². The number of carbonyl (C=O) groups excluding carboxylic acids is 2. The van der Waals surface area contributed by atoms with Crippen molar-refractivity contribution in [1.82, 2.24) is 14.7 Å². The molecule has 2 heterocycles. The van der Waals surface area contributed by atoms with E-state index in [2.05, 4.69) is 4.90 Å². The summed E-state index contributed by atoms with van der Waals surface area (Å²) in [5.41, 5.74) is 0.288. The van der Waals surface area contributed by atoms with Gasteiger partial charge in [-0.1, -0.05) is 11.6 Å². The fourth-order valence-electron chi connectivity index (χ4n) is 3.04. The molecule has 2 saturated heterocycles. The third kappa shape index (κ3) is 4.48. The molecule has 1 aromatic carbocycles. The van der Waals surface area contributed by atoms with Crippen LogP contribution in [-0.4, -0.2) is 85.5 Å². The second-order valence-electron chi connectivity index (χ2n) is 6.19. The van der Waals surface area contributed by atoms with Crippen LogP contribution in [0.4, 0.5) is 4.39 Å². The second kappa shape index (κ2) is 8.12. The van der Waals surface area contributed by atoms with Gasteiger partial charge in [-0.15, -0.1) is 0 Å². The van der Waals surface area contributed by atoms with E-state index in [1.54, 1.807) is 9.80 Å². The molecule has 0 N–H and O–H groups in total. The number of hydrogen-bond acceptors (Lipinski definition) is 4. The van der Waals surface area contributed by atoms with E-state index in [1.165, 1.54) is 12.1 Å². The van der Waals surface area contributed by atoms with E-state index in [9.17, 15) is 14.0 Å². The first-order chi connectivity index (χ1) is 12.0. The first-order valence-corrected chi connectivity index (χ1v) is 8.74. The minimum Gasteiger partial charge on any atom is -0.379 e. The highest BCUT2D eigenvalue weighted by atomic mass is 35.5. The number of piperazine rings is 1. The second-order valence-corrected chi connectivity index (χ2v) is 6.59. The number of morpholine rings is 1. The minimum atomic E-state index is -0.472. The van der Waals surface area contributed by atoms with E-state index in [0.29, 0.717) is 45.9 Å². The van der Waals surface area contributed by atoms with Crippen molar-refractivity contribution in [1.29, 1.82) is 0 Å². The molecule has 0 atom stereocenters. The van der Waals surface area contributed by atoms with Gasteiger partial charge >= 0.3 is 0 Å². The van der Waals surface area contributed by atoms with Crippen molar-refractivity contribution >= 4 is 23.4 Å². The summed E-state index contributed by atoms with van der Waals surface area (Å²) in [6.07, 6.45) is 0. The smallest absolute Gasteiger partial charge is 0.255 e. The van der Waals surface area contributed by atoms with Crippen LogP contribution in [-0.2, 0) is 9.53 Å². The average molecular weight is 370 g/mol. The summed E-state index contributed by atoms with van der Waals surface area (Å²) in [6.45, 7) is 5.13. The van der Waals surface area contributed by atoms with Gasteiger partial charge in [0.2, 0.25) is 5.91 Å². The van der Waals surface area contributed by atoms with Crippen molar-refractivity contribution in [3.8, 4) is 0 Å². The molecule has 0 saturated carbocycles.